The van der Waals surface area contributed by atoms with E-state index in [4.69, 9.17) is 0 Å². The van der Waals surface area contributed by atoms with Gasteiger partial charge in [0.15, 0.2) is 0 Å². The van der Waals surface area contributed by atoms with Gasteiger partial charge in [0.2, 0.25) is 0 Å². The van der Waals surface area contributed by atoms with Crippen LogP contribution in [-0.4, -0.2) is 0 Å². The third-order valence-electron chi connectivity index (χ3n) is 1.32. The summed E-state index contributed by atoms with van der Waals surface area (Å²) in [6.07, 6.45) is -4.28. The Kier molecular flexibility index (Phi) is 6.73. The smallest absolute Gasteiger partial charge is 0.198 e. The van der Waals surface area contributed by atoms with Crippen molar-refractivity contribution in [3.8, 4) is 0 Å². The van der Waals surface area contributed by atoms with Gasteiger partial charge in [-0.25, -0.2) is 0 Å². The van der Waals surface area contributed by atoms with Crippen LogP contribution < -0.4 is 0 Å². The van der Waals surface area contributed by atoms with Gasteiger partial charge < -0.3 is 0 Å². The molecule has 5 heteroatoms. The van der Waals surface area contributed by atoms with Crippen LogP contribution >= 0.6 is 17.0 Å². The van der Waals surface area contributed by atoms with E-state index in [-0.39, 0.29) is 42.0 Å². The molecular formula is C8H7BrF3Zn-. The van der Waals surface area contributed by atoms with Crippen molar-refractivity contribution in [2.24, 2.45) is 0 Å². The zero-order valence-corrected chi connectivity index (χ0v) is 11.4. The fourth-order valence-electron chi connectivity index (χ4n) is 0.797. The summed E-state index contributed by atoms with van der Waals surface area (Å²) in [7, 11) is 0. The maximum atomic E-state index is 12.0. The Hall–Kier alpha value is -0.0166. The van der Waals surface area contributed by atoms with Crippen molar-refractivity contribution in [2.75, 3.05) is 0 Å². The van der Waals surface area contributed by atoms with Crippen molar-refractivity contribution in [1.82, 2.24) is 0 Å². The first-order chi connectivity index (χ1) is 5.02. The van der Waals surface area contributed by atoms with Crippen molar-refractivity contribution in [1.29, 1.82) is 0 Å². The second kappa shape index (κ2) is 5.66. The minimum absolute atomic E-state index is 0. The van der Waals surface area contributed by atoms with E-state index in [0.717, 1.165) is 6.07 Å². The fraction of sp³-hybridized carbons (Fsp3) is 0.125. The van der Waals surface area contributed by atoms with Crippen molar-refractivity contribution in [3.05, 3.63) is 42.3 Å². The summed E-state index contributed by atoms with van der Waals surface area (Å²) in [5.41, 5.74) is -0.653. The van der Waals surface area contributed by atoms with Crippen LogP contribution in [0.5, 0.6) is 0 Å². The summed E-state index contributed by atoms with van der Waals surface area (Å²) in [4.78, 5) is 0. The minimum Gasteiger partial charge on any atom is -0.198 e. The molecule has 0 atom stereocenters. The Morgan fingerprint density at radius 3 is 1.85 bits per heavy atom. The van der Waals surface area contributed by atoms with Crippen LogP contribution in [0.25, 0.3) is 0 Å². The molecule has 0 bridgehead atoms. The molecule has 1 aromatic rings. The summed E-state index contributed by atoms with van der Waals surface area (Å²) >= 11 is 0. The van der Waals surface area contributed by atoms with Crippen LogP contribution in [0.1, 0.15) is 11.1 Å². The predicted molar refractivity (Wildman–Crippen MR) is 46.2 cm³/mol. The van der Waals surface area contributed by atoms with Crippen molar-refractivity contribution < 1.29 is 32.6 Å². The van der Waals surface area contributed by atoms with Crippen LogP contribution in [0.4, 0.5) is 13.2 Å². The molecule has 13 heavy (non-hydrogen) atoms. The van der Waals surface area contributed by atoms with Gasteiger partial charge in [0.25, 0.3) is 0 Å². The van der Waals surface area contributed by atoms with Gasteiger partial charge in [-0.3, -0.25) is 0 Å². The monoisotopic (exact) mass is 303 g/mol. The summed E-state index contributed by atoms with van der Waals surface area (Å²) in [6, 6.07) is 5.22. The van der Waals surface area contributed by atoms with E-state index >= 15 is 0 Å². The molecule has 1 aromatic carbocycles. The molecule has 0 nitrogen and oxygen atoms in total. The normalized spacial score (nSPS) is 9.77. The number of benzene rings is 1. The maximum absolute atomic E-state index is 12.0. The average molecular weight is 305 g/mol. The van der Waals surface area contributed by atoms with Gasteiger partial charge in [-0.2, -0.15) is 31.7 Å². The first kappa shape index (κ1) is 15.5. The van der Waals surface area contributed by atoms with Crippen LogP contribution in [-0.2, 0) is 25.7 Å². The Morgan fingerprint density at radius 2 is 1.54 bits per heavy atom. The van der Waals surface area contributed by atoms with Crippen molar-refractivity contribution in [3.63, 3.8) is 0 Å². The quantitative estimate of drug-likeness (QED) is 0.509. The van der Waals surface area contributed by atoms with E-state index in [1.165, 1.54) is 18.2 Å². The molecule has 0 aliphatic carbocycles. The number of halogens is 4. The molecule has 0 amide bonds. The average Bonchev–Trinajstić information content (AvgIpc) is 1.86. The first-order valence-corrected chi connectivity index (χ1v) is 3.00. The summed E-state index contributed by atoms with van der Waals surface area (Å²) in [5, 5.41) is 0. The van der Waals surface area contributed by atoms with Crippen molar-refractivity contribution in [2.45, 2.75) is 6.18 Å². The van der Waals surface area contributed by atoms with E-state index in [1.807, 2.05) is 0 Å². The third kappa shape index (κ3) is 4.14. The van der Waals surface area contributed by atoms with Gasteiger partial charge >= 0.3 is 6.18 Å². The summed E-state index contributed by atoms with van der Waals surface area (Å²) in [6.45, 7) is 3.27. The standard InChI is InChI=1S/C8H6F3.BrH.Zn/c1-6-4-2-3-5-7(6)8(9,10)11;;/h2-5H,1H2;1H;/q-1;;. The number of alkyl halides is 3. The number of hydrogen-bond donors (Lipinski definition) is 0. The molecular weight excluding hydrogens is 298 g/mol. The van der Waals surface area contributed by atoms with E-state index in [0.29, 0.717) is 0 Å². The van der Waals surface area contributed by atoms with Gasteiger partial charge in [-0.1, -0.05) is 6.07 Å². The van der Waals surface area contributed by atoms with Crippen molar-refractivity contribution >= 4 is 17.0 Å². The number of rotatable bonds is 0. The molecule has 0 radical (unpaired) electrons. The van der Waals surface area contributed by atoms with Crippen LogP contribution in [0.15, 0.2) is 24.3 Å². The van der Waals surface area contributed by atoms with E-state index in [9.17, 15) is 13.2 Å². The molecule has 0 unspecified atom stereocenters. The van der Waals surface area contributed by atoms with E-state index in [2.05, 4.69) is 6.92 Å². The van der Waals surface area contributed by atoms with Gasteiger partial charge in [0.1, 0.15) is 0 Å². The molecule has 0 heterocycles. The Balaban J connectivity index is 0. The number of hydrogen-bond acceptors (Lipinski definition) is 0. The molecule has 0 aliphatic heterocycles. The van der Waals surface area contributed by atoms with Gasteiger partial charge in [0.05, 0.1) is 0 Å². The van der Waals surface area contributed by atoms with Gasteiger partial charge in [-0.05, 0) is 5.56 Å². The van der Waals surface area contributed by atoms with Crippen LogP contribution in [0, 0.1) is 6.92 Å². The van der Waals surface area contributed by atoms with Crippen LogP contribution in [0.2, 0.25) is 0 Å². The Labute approximate surface area is 98.1 Å². The summed E-state index contributed by atoms with van der Waals surface area (Å²) in [5.74, 6) is 0. The molecule has 70 valence electrons. The maximum Gasteiger partial charge on any atom is 0.370 e. The van der Waals surface area contributed by atoms with Crippen LogP contribution in [0.3, 0.4) is 0 Å². The second-order valence-corrected chi connectivity index (χ2v) is 2.15. The minimum atomic E-state index is -4.28. The molecule has 0 N–H and O–H groups in total. The summed E-state index contributed by atoms with van der Waals surface area (Å²) < 4.78 is 36.0. The topological polar surface area (TPSA) is 0 Å². The molecule has 0 saturated heterocycles. The molecule has 0 saturated carbocycles. The SMILES string of the molecule is Br.[CH2-]c1ccccc1C(F)(F)F.[Zn]. The molecule has 0 spiro atoms. The van der Waals surface area contributed by atoms with E-state index < -0.39 is 11.7 Å². The molecule has 1 rings (SSSR count). The Morgan fingerprint density at radius 1 is 1.08 bits per heavy atom. The largest absolute Gasteiger partial charge is 0.370 e. The first-order valence-electron chi connectivity index (χ1n) is 3.00. The zero-order chi connectivity index (χ0) is 8.48. The molecule has 0 fully saturated rings. The fourth-order valence-corrected chi connectivity index (χ4v) is 0.797. The third-order valence-corrected chi connectivity index (χ3v) is 1.32. The second-order valence-electron chi connectivity index (χ2n) is 2.15. The van der Waals surface area contributed by atoms with E-state index in [1.54, 1.807) is 0 Å². The molecule has 0 aromatic heterocycles. The Bertz CT molecular complexity index is 260. The zero-order valence-electron chi connectivity index (χ0n) is 6.77. The molecule has 0 aliphatic rings. The van der Waals surface area contributed by atoms with Gasteiger partial charge in [0, 0.05) is 19.5 Å². The predicted octanol–water partition coefficient (Wildman–Crippen LogP) is 3.46. The van der Waals surface area contributed by atoms with Gasteiger partial charge in [-0.15, -0.1) is 29.1 Å².